The fourth-order valence-electron chi connectivity index (χ4n) is 2.85. The third-order valence-electron chi connectivity index (χ3n) is 4.08. The molecule has 1 N–H and O–H groups in total. The fraction of sp³-hybridized carbons (Fsp3) is 0.0500. The summed E-state index contributed by atoms with van der Waals surface area (Å²) >= 11 is 0. The smallest absolute Gasteiger partial charge is 0.237 e. The summed E-state index contributed by atoms with van der Waals surface area (Å²) in [5.41, 5.74) is 3.73. The van der Waals surface area contributed by atoms with Gasteiger partial charge in [0.2, 0.25) is 5.91 Å². The van der Waals surface area contributed by atoms with E-state index in [1.165, 1.54) is 0 Å². The van der Waals surface area contributed by atoms with E-state index in [1.54, 1.807) is 36.7 Å². The van der Waals surface area contributed by atoms with Gasteiger partial charge < -0.3 is 9.73 Å². The molecule has 25 heavy (non-hydrogen) atoms. The van der Waals surface area contributed by atoms with E-state index in [0.29, 0.717) is 11.3 Å². The standard InChI is InChI=1S/C20H13N3O2/c21-11-13-3-1-4-15(9-13)22-12-17-16-7-6-14(19-5-2-8-25-19)10-18(16)23-20(17)24/h1-10,12,17H,(H,23,24). The molecule has 1 aliphatic heterocycles. The molecule has 0 fully saturated rings. The van der Waals surface area contributed by atoms with E-state index in [-0.39, 0.29) is 5.91 Å². The van der Waals surface area contributed by atoms with Gasteiger partial charge in [0.25, 0.3) is 0 Å². The Morgan fingerprint density at radius 2 is 2.08 bits per heavy atom. The molecule has 5 nitrogen and oxygen atoms in total. The Hall–Kier alpha value is -3.65. The second kappa shape index (κ2) is 6.10. The number of nitrogens with zero attached hydrogens (tertiary/aromatic N) is 2. The Balaban J connectivity index is 1.63. The van der Waals surface area contributed by atoms with E-state index in [9.17, 15) is 4.79 Å². The number of rotatable bonds is 3. The van der Waals surface area contributed by atoms with Crippen LogP contribution in [0.25, 0.3) is 11.3 Å². The fourth-order valence-corrected chi connectivity index (χ4v) is 2.85. The molecule has 1 aromatic heterocycles. The number of furan rings is 1. The van der Waals surface area contributed by atoms with Crippen LogP contribution in [0.3, 0.4) is 0 Å². The van der Waals surface area contributed by atoms with Gasteiger partial charge in [-0.05, 0) is 42.0 Å². The predicted octanol–water partition coefficient (Wildman–Crippen LogP) is 4.26. The van der Waals surface area contributed by atoms with E-state index in [1.807, 2.05) is 30.3 Å². The number of aliphatic imine (C=N–C) groups is 1. The summed E-state index contributed by atoms with van der Waals surface area (Å²) in [6.45, 7) is 0. The molecule has 1 aliphatic rings. The molecule has 0 saturated heterocycles. The van der Waals surface area contributed by atoms with Crippen molar-refractivity contribution in [2.24, 2.45) is 4.99 Å². The monoisotopic (exact) mass is 327 g/mol. The molecular weight excluding hydrogens is 314 g/mol. The van der Waals surface area contributed by atoms with Crippen LogP contribution < -0.4 is 5.32 Å². The number of benzene rings is 2. The molecule has 2 heterocycles. The second-order valence-electron chi connectivity index (χ2n) is 5.69. The van der Waals surface area contributed by atoms with Gasteiger partial charge >= 0.3 is 0 Å². The number of carbonyl (C=O) groups excluding carboxylic acids is 1. The van der Waals surface area contributed by atoms with Crippen LogP contribution in [-0.2, 0) is 4.79 Å². The van der Waals surface area contributed by atoms with Gasteiger partial charge in [0.05, 0.1) is 23.6 Å². The molecule has 1 atom stereocenters. The van der Waals surface area contributed by atoms with Crippen LogP contribution in [0.1, 0.15) is 17.0 Å². The zero-order chi connectivity index (χ0) is 17.2. The van der Waals surface area contributed by atoms with Gasteiger partial charge in [-0.25, -0.2) is 0 Å². The summed E-state index contributed by atoms with van der Waals surface area (Å²) in [5, 5.41) is 11.8. The Bertz CT molecular complexity index is 1010. The van der Waals surface area contributed by atoms with Crippen LogP contribution in [0.4, 0.5) is 11.4 Å². The van der Waals surface area contributed by atoms with Crippen LogP contribution in [0.2, 0.25) is 0 Å². The van der Waals surface area contributed by atoms with Crippen LogP contribution in [0.15, 0.2) is 70.3 Å². The Kier molecular flexibility index (Phi) is 3.64. The molecule has 2 aromatic carbocycles. The van der Waals surface area contributed by atoms with Crippen molar-refractivity contribution in [2.75, 3.05) is 5.32 Å². The zero-order valence-corrected chi connectivity index (χ0v) is 13.1. The molecule has 0 spiro atoms. The minimum absolute atomic E-state index is 0.119. The largest absolute Gasteiger partial charge is 0.464 e. The molecule has 0 bridgehead atoms. The minimum Gasteiger partial charge on any atom is -0.464 e. The van der Waals surface area contributed by atoms with Crippen molar-refractivity contribution in [3.63, 3.8) is 0 Å². The highest BCUT2D eigenvalue weighted by molar-refractivity contribution is 6.13. The van der Waals surface area contributed by atoms with Crippen molar-refractivity contribution in [1.82, 2.24) is 0 Å². The summed E-state index contributed by atoms with van der Waals surface area (Å²) in [6.07, 6.45) is 3.23. The number of amides is 1. The highest BCUT2D eigenvalue weighted by Crippen LogP contribution is 2.35. The first-order chi connectivity index (χ1) is 12.2. The number of nitrogens with one attached hydrogen (secondary N) is 1. The van der Waals surface area contributed by atoms with E-state index in [2.05, 4.69) is 16.4 Å². The predicted molar refractivity (Wildman–Crippen MR) is 94.8 cm³/mol. The second-order valence-corrected chi connectivity index (χ2v) is 5.69. The Labute approximate surface area is 144 Å². The summed E-state index contributed by atoms with van der Waals surface area (Å²) in [6, 6.07) is 18.5. The normalized spacial score (nSPS) is 15.8. The third kappa shape index (κ3) is 2.81. The first-order valence-corrected chi connectivity index (χ1v) is 7.77. The van der Waals surface area contributed by atoms with Crippen molar-refractivity contribution in [1.29, 1.82) is 5.26 Å². The number of hydrogen-bond donors (Lipinski definition) is 1. The number of hydrogen-bond acceptors (Lipinski definition) is 4. The number of anilines is 1. The maximum atomic E-state index is 12.3. The number of fused-ring (bicyclic) bond motifs is 1. The Morgan fingerprint density at radius 1 is 1.16 bits per heavy atom. The molecule has 3 aromatic rings. The van der Waals surface area contributed by atoms with Gasteiger partial charge in [-0.1, -0.05) is 18.2 Å². The van der Waals surface area contributed by atoms with Gasteiger partial charge in [-0.15, -0.1) is 0 Å². The number of carbonyl (C=O) groups is 1. The van der Waals surface area contributed by atoms with E-state index in [0.717, 1.165) is 22.6 Å². The van der Waals surface area contributed by atoms with Crippen molar-refractivity contribution in [3.05, 3.63) is 72.0 Å². The lowest BCUT2D eigenvalue weighted by atomic mass is 10.00. The zero-order valence-electron chi connectivity index (χ0n) is 13.1. The van der Waals surface area contributed by atoms with E-state index in [4.69, 9.17) is 9.68 Å². The van der Waals surface area contributed by atoms with E-state index < -0.39 is 5.92 Å². The molecule has 1 amide bonds. The van der Waals surface area contributed by atoms with Gasteiger partial charge in [0.1, 0.15) is 11.7 Å². The SMILES string of the molecule is N#Cc1cccc(N=CC2C(=O)Nc3cc(-c4ccco4)ccc32)c1. The molecule has 4 rings (SSSR count). The van der Waals surface area contributed by atoms with Crippen LogP contribution in [-0.4, -0.2) is 12.1 Å². The van der Waals surface area contributed by atoms with E-state index >= 15 is 0 Å². The Morgan fingerprint density at radius 3 is 2.88 bits per heavy atom. The molecule has 0 aliphatic carbocycles. The van der Waals surface area contributed by atoms with Crippen molar-refractivity contribution < 1.29 is 9.21 Å². The minimum atomic E-state index is -0.452. The summed E-state index contributed by atoms with van der Waals surface area (Å²) in [4.78, 5) is 16.7. The van der Waals surface area contributed by atoms with Crippen LogP contribution in [0, 0.1) is 11.3 Å². The lowest BCUT2D eigenvalue weighted by molar-refractivity contribution is -0.115. The summed E-state index contributed by atoms with van der Waals surface area (Å²) in [7, 11) is 0. The first-order valence-electron chi connectivity index (χ1n) is 7.77. The van der Waals surface area contributed by atoms with Gasteiger partial charge in [-0.2, -0.15) is 5.26 Å². The maximum absolute atomic E-state index is 12.3. The average Bonchev–Trinajstić information content (AvgIpc) is 3.27. The highest BCUT2D eigenvalue weighted by atomic mass is 16.3. The molecule has 5 heteroatoms. The van der Waals surface area contributed by atoms with Crippen LogP contribution >= 0.6 is 0 Å². The number of nitriles is 1. The summed E-state index contributed by atoms with van der Waals surface area (Å²) in [5.74, 6) is 0.181. The first kappa shape index (κ1) is 14.9. The molecule has 0 saturated carbocycles. The molecule has 0 radical (unpaired) electrons. The van der Waals surface area contributed by atoms with Gasteiger partial charge in [0.15, 0.2) is 0 Å². The molecule has 120 valence electrons. The lowest BCUT2D eigenvalue weighted by Gasteiger charge is -2.04. The quantitative estimate of drug-likeness (QED) is 0.730. The van der Waals surface area contributed by atoms with Crippen molar-refractivity contribution in [3.8, 4) is 17.4 Å². The third-order valence-corrected chi connectivity index (χ3v) is 4.08. The topological polar surface area (TPSA) is 78.4 Å². The average molecular weight is 327 g/mol. The van der Waals surface area contributed by atoms with Crippen molar-refractivity contribution in [2.45, 2.75) is 5.92 Å². The molecular formula is C20H13N3O2. The van der Waals surface area contributed by atoms with Crippen LogP contribution in [0.5, 0.6) is 0 Å². The van der Waals surface area contributed by atoms with Gasteiger partial charge in [-0.3, -0.25) is 9.79 Å². The maximum Gasteiger partial charge on any atom is 0.237 e. The molecule has 1 unspecified atom stereocenters. The lowest BCUT2D eigenvalue weighted by Crippen LogP contribution is -2.12. The summed E-state index contributed by atoms with van der Waals surface area (Å²) < 4.78 is 5.39. The van der Waals surface area contributed by atoms with Gasteiger partial charge in [0, 0.05) is 17.5 Å². The van der Waals surface area contributed by atoms with Crippen molar-refractivity contribution >= 4 is 23.5 Å². The highest BCUT2D eigenvalue weighted by Gasteiger charge is 2.29.